The first-order chi connectivity index (χ1) is 7.66. The molecule has 0 unspecified atom stereocenters. The van der Waals surface area contributed by atoms with Gasteiger partial charge in [0.05, 0.1) is 5.69 Å². The van der Waals surface area contributed by atoms with Crippen molar-refractivity contribution >= 4 is 0 Å². The second kappa shape index (κ2) is 5.50. The Morgan fingerprint density at radius 3 is 2.00 bits per heavy atom. The Morgan fingerprint density at radius 2 is 1.56 bits per heavy atom. The summed E-state index contributed by atoms with van der Waals surface area (Å²) < 4.78 is 1.85. The van der Waals surface area contributed by atoms with E-state index in [9.17, 15) is 0 Å². The largest absolute Gasteiger partial charge is 0.275 e. The third-order valence-electron chi connectivity index (χ3n) is 2.38. The van der Waals surface area contributed by atoms with Gasteiger partial charge in [0, 0.05) is 18.8 Å². The van der Waals surface area contributed by atoms with Gasteiger partial charge in [-0.3, -0.25) is 4.68 Å². The Kier molecular flexibility index (Phi) is 4.29. The molecule has 0 bridgehead atoms. The summed E-state index contributed by atoms with van der Waals surface area (Å²) in [6.07, 6.45) is 2.06. The highest BCUT2D eigenvalue weighted by Gasteiger charge is 2.04. The summed E-state index contributed by atoms with van der Waals surface area (Å²) in [7, 11) is 1.95. The highest BCUT2D eigenvalue weighted by molar-refractivity contribution is 5.65. The molecule has 0 saturated carbocycles. The minimum atomic E-state index is 1.08. The topological polar surface area (TPSA) is 17.8 Å². The number of hydrogen-bond donors (Lipinski definition) is 0. The molecule has 0 aliphatic rings. The lowest BCUT2D eigenvalue weighted by Crippen LogP contribution is -1.86. The van der Waals surface area contributed by atoms with E-state index in [1.165, 1.54) is 16.7 Å². The van der Waals surface area contributed by atoms with Crippen LogP contribution in [0, 0.1) is 13.8 Å². The van der Waals surface area contributed by atoms with Gasteiger partial charge in [-0.25, -0.2) is 0 Å². The van der Waals surface area contributed by atoms with Crippen molar-refractivity contribution in [3.63, 3.8) is 0 Å². The maximum atomic E-state index is 4.33. The summed E-state index contributed by atoms with van der Waals surface area (Å²) in [5, 5.41) is 4.33. The highest BCUT2D eigenvalue weighted by Crippen LogP contribution is 2.22. The molecule has 0 fully saturated rings. The van der Waals surface area contributed by atoms with E-state index in [2.05, 4.69) is 42.5 Å². The Bertz CT molecular complexity index is 438. The first kappa shape index (κ1) is 12.5. The third kappa shape index (κ3) is 2.72. The average molecular weight is 216 g/mol. The number of aromatic nitrogens is 2. The minimum Gasteiger partial charge on any atom is -0.275 e. The van der Waals surface area contributed by atoms with Crippen LogP contribution in [0.4, 0.5) is 0 Å². The fourth-order valence-electron chi connectivity index (χ4n) is 1.62. The highest BCUT2D eigenvalue weighted by atomic mass is 15.2. The van der Waals surface area contributed by atoms with Crippen molar-refractivity contribution in [2.75, 3.05) is 0 Å². The number of nitrogens with zero attached hydrogens (tertiary/aromatic N) is 2. The van der Waals surface area contributed by atoms with Crippen molar-refractivity contribution < 1.29 is 0 Å². The van der Waals surface area contributed by atoms with Crippen LogP contribution >= 0.6 is 0 Å². The molecule has 0 spiro atoms. The molecule has 0 saturated heterocycles. The van der Waals surface area contributed by atoms with E-state index in [0.717, 1.165) is 5.69 Å². The van der Waals surface area contributed by atoms with Gasteiger partial charge < -0.3 is 0 Å². The lowest BCUT2D eigenvalue weighted by atomic mass is 10.1. The number of aryl methyl sites for hydroxylation is 3. The molecule has 0 atom stereocenters. The van der Waals surface area contributed by atoms with Crippen molar-refractivity contribution in [3.8, 4) is 11.1 Å². The molecule has 0 radical (unpaired) electrons. The molecule has 2 aromatic rings. The molecule has 2 heteroatoms. The minimum absolute atomic E-state index is 1.08. The summed E-state index contributed by atoms with van der Waals surface area (Å²) in [4.78, 5) is 0. The van der Waals surface area contributed by atoms with Gasteiger partial charge in [-0.05, 0) is 19.4 Å². The van der Waals surface area contributed by atoms with Crippen molar-refractivity contribution in [3.05, 3.63) is 41.7 Å². The first-order valence-electron chi connectivity index (χ1n) is 5.74. The van der Waals surface area contributed by atoms with Gasteiger partial charge in [-0.2, -0.15) is 5.10 Å². The number of rotatable bonds is 1. The molecule has 16 heavy (non-hydrogen) atoms. The van der Waals surface area contributed by atoms with Gasteiger partial charge in [0.25, 0.3) is 0 Å². The van der Waals surface area contributed by atoms with Crippen LogP contribution in [0.15, 0.2) is 30.5 Å². The predicted octanol–water partition coefficient (Wildman–Crippen LogP) is 3.73. The molecule has 1 heterocycles. The fraction of sp³-hybridized carbons (Fsp3) is 0.357. The van der Waals surface area contributed by atoms with Gasteiger partial charge in [0.2, 0.25) is 0 Å². The van der Waals surface area contributed by atoms with Crippen LogP contribution in [0.1, 0.15) is 25.1 Å². The smallest absolute Gasteiger partial charge is 0.0671 e. The van der Waals surface area contributed by atoms with Crippen LogP contribution in [0.25, 0.3) is 11.1 Å². The summed E-state index contributed by atoms with van der Waals surface area (Å²) in [5.41, 5.74) is 4.82. The zero-order valence-electron chi connectivity index (χ0n) is 10.8. The quantitative estimate of drug-likeness (QED) is 0.710. The number of benzene rings is 1. The second-order valence-electron chi connectivity index (χ2n) is 3.67. The van der Waals surface area contributed by atoms with Gasteiger partial charge >= 0.3 is 0 Å². The van der Waals surface area contributed by atoms with E-state index in [-0.39, 0.29) is 0 Å². The Balaban J connectivity index is 0.000000606. The van der Waals surface area contributed by atoms with E-state index in [1.807, 2.05) is 32.5 Å². The normalized spacial score (nSPS) is 9.56. The van der Waals surface area contributed by atoms with Crippen molar-refractivity contribution in [1.29, 1.82) is 0 Å². The maximum Gasteiger partial charge on any atom is 0.0671 e. The zero-order valence-corrected chi connectivity index (χ0v) is 10.8. The lowest BCUT2D eigenvalue weighted by Gasteiger charge is -1.98. The van der Waals surface area contributed by atoms with Gasteiger partial charge in [-0.15, -0.1) is 0 Å². The van der Waals surface area contributed by atoms with Crippen LogP contribution in [-0.4, -0.2) is 9.78 Å². The molecule has 0 aliphatic carbocycles. The van der Waals surface area contributed by atoms with Crippen molar-refractivity contribution in [1.82, 2.24) is 9.78 Å². The van der Waals surface area contributed by atoms with Gasteiger partial charge in [-0.1, -0.05) is 43.7 Å². The Labute approximate surface area is 97.9 Å². The van der Waals surface area contributed by atoms with E-state index in [0.29, 0.717) is 0 Å². The molecule has 0 aliphatic heterocycles. The van der Waals surface area contributed by atoms with E-state index in [4.69, 9.17) is 0 Å². The SMILES string of the molecule is CC.Cc1ccc(-c2cn(C)nc2C)cc1. The lowest BCUT2D eigenvalue weighted by molar-refractivity contribution is 0.756. The van der Waals surface area contributed by atoms with E-state index >= 15 is 0 Å². The molecule has 1 aromatic heterocycles. The van der Waals surface area contributed by atoms with Gasteiger partial charge in [0.1, 0.15) is 0 Å². The molecular weight excluding hydrogens is 196 g/mol. The molecule has 1 aromatic carbocycles. The predicted molar refractivity (Wildman–Crippen MR) is 69.5 cm³/mol. The molecule has 86 valence electrons. The van der Waals surface area contributed by atoms with Crippen LogP contribution in [-0.2, 0) is 7.05 Å². The Hall–Kier alpha value is -1.57. The molecule has 0 amide bonds. The van der Waals surface area contributed by atoms with Crippen molar-refractivity contribution in [2.24, 2.45) is 7.05 Å². The summed E-state index contributed by atoms with van der Waals surface area (Å²) in [5.74, 6) is 0. The number of hydrogen-bond acceptors (Lipinski definition) is 1. The third-order valence-corrected chi connectivity index (χ3v) is 2.38. The summed E-state index contributed by atoms with van der Waals surface area (Å²) >= 11 is 0. The monoisotopic (exact) mass is 216 g/mol. The standard InChI is InChI=1S/C12H14N2.C2H6/c1-9-4-6-11(7-5-9)12-8-14(3)13-10(12)2;1-2/h4-8H,1-3H3;1-2H3. The molecule has 2 rings (SSSR count). The first-order valence-corrected chi connectivity index (χ1v) is 5.74. The molecule has 2 nitrogen and oxygen atoms in total. The van der Waals surface area contributed by atoms with Crippen LogP contribution in [0.5, 0.6) is 0 Å². The second-order valence-corrected chi connectivity index (χ2v) is 3.67. The van der Waals surface area contributed by atoms with E-state index in [1.54, 1.807) is 0 Å². The zero-order chi connectivity index (χ0) is 12.1. The van der Waals surface area contributed by atoms with Crippen molar-refractivity contribution in [2.45, 2.75) is 27.7 Å². The molecular formula is C14H20N2. The average Bonchev–Trinajstić information content (AvgIpc) is 2.62. The summed E-state index contributed by atoms with van der Waals surface area (Å²) in [6, 6.07) is 8.53. The maximum absolute atomic E-state index is 4.33. The molecule has 0 N–H and O–H groups in total. The van der Waals surface area contributed by atoms with Crippen LogP contribution in [0.3, 0.4) is 0 Å². The fourth-order valence-corrected chi connectivity index (χ4v) is 1.62. The van der Waals surface area contributed by atoms with E-state index < -0.39 is 0 Å². The van der Waals surface area contributed by atoms with Gasteiger partial charge in [0.15, 0.2) is 0 Å². The van der Waals surface area contributed by atoms with Crippen LogP contribution in [0.2, 0.25) is 0 Å². The van der Waals surface area contributed by atoms with Crippen LogP contribution < -0.4 is 0 Å². The summed E-state index contributed by atoms with van der Waals surface area (Å²) in [6.45, 7) is 8.13. The Morgan fingerprint density at radius 1 is 1.00 bits per heavy atom.